The summed E-state index contributed by atoms with van der Waals surface area (Å²) >= 11 is 6.22. The number of rotatable bonds is 5. The van der Waals surface area contributed by atoms with Gasteiger partial charge in [-0.05, 0) is 36.4 Å². The minimum Gasteiger partial charge on any atom is -0.496 e. The number of allylic oxidation sites excluding steroid dienone is 1. The van der Waals surface area contributed by atoms with Gasteiger partial charge in [-0.3, -0.25) is 4.79 Å². The van der Waals surface area contributed by atoms with Crippen molar-refractivity contribution in [1.29, 1.82) is 0 Å². The lowest BCUT2D eigenvalue weighted by Gasteiger charge is -2.21. The second-order valence-corrected chi connectivity index (χ2v) is 7.73. The van der Waals surface area contributed by atoms with Crippen LogP contribution >= 0.6 is 11.6 Å². The van der Waals surface area contributed by atoms with Crippen molar-refractivity contribution < 1.29 is 28.5 Å². The van der Waals surface area contributed by atoms with Crippen molar-refractivity contribution in [2.45, 2.75) is 13.2 Å². The van der Waals surface area contributed by atoms with E-state index in [1.165, 1.54) is 0 Å². The molecule has 0 radical (unpaired) electrons. The number of carbonyl (C=O) groups is 1. The molecular formula is C25H19ClO6. The highest BCUT2D eigenvalue weighted by molar-refractivity contribution is 6.30. The molecule has 162 valence electrons. The molecule has 0 N–H and O–H groups in total. The van der Waals surface area contributed by atoms with E-state index in [1.54, 1.807) is 31.4 Å². The van der Waals surface area contributed by atoms with E-state index in [2.05, 4.69) is 0 Å². The van der Waals surface area contributed by atoms with Crippen LogP contribution in [0.25, 0.3) is 6.08 Å². The Morgan fingerprint density at radius 2 is 2.00 bits per heavy atom. The first-order chi connectivity index (χ1) is 15.6. The lowest BCUT2D eigenvalue weighted by molar-refractivity contribution is -0.0175. The molecule has 0 saturated heterocycles. The van der Waals surface area contributed by atoms with Gasteiger partial charge in [0.05, 0.1) is 19.3 Å². The van der Waals surface area contributed by atoms with E-state index in [4.69, 9.17) is 35.3 Å². The van der Waals surface area contributed by atoms with Crippen molar-refractivity contribution in [2.75, 3.05) is 13.9 Å². The molecule has 5 rings (SSSR count). The lowest BCUT2D eigenvalue weighted by atomic mass is 10.1. The maximum atomic E-state index is 12.8. The summed E-state index contributed by atoms with van der Waals surface area (Å²) < 4.78 is 28.1. The molecule has 0 aliphatic carbocycles. The molecule has 6 nitrogen and oxygen atoms in total. The third-order valence-corrected chi connectivity index (χ3v) is 5.43. The van der Waals surface area contributed by atoms with Crippen LogP contribution in [0.3, 0.4) is 0 Å². The van der Waals surface area contributed by atoms with Crippen LogP contribution in [0.4, 0.5) is 0 Å². The van der Waals surface area contributed by atoms with Gasteiger partial charge in [-0.2, -0.15) is 0 Å². The number of hydrogen-bond donors (Lipinski definition) is 0. The predicted molar refractivity (Wildman–Crippen MR) is 118 cm³/mol. The third kappa shape index (κ3) is 3.90. The number of fused-ring (bicyclic) bond motifs is 2. The van der Waals surface area contributed by atoms with E-state index in [0.717, 1.165) is 22.4 Å². The topological polar surface area (TPSA) is 63.2 Å². The van der Waals surface area contributed by atoms with Crippen molar-refractivity contribution >= 4 is 23.5 Å². The van der Waals surface area contributed by atoms with Gasteiger partial charge in [-0.15, -0.1) is 0 Å². The molecule has 2 aliphatic rings. The normalized spacial score (nSPS) is 15.6. The summed E-state index contributed by atoms with van der Waals surface area (Å²) in [5, 5.41) is 0.588. The molecular weight excluding hydrogens is 432 g/mol. The number of benzene rings is 3. The minimum absolute atomic E-state index is 0.185. The molecule has 0 atom stereocenters. The lowest BCUT2D eigenvalue weighted by Crippen LogP contribution is -2.14. The van der Waals surface area contributed by atoms with E-state index in [0.29, 0.717) is 34.4 Å². The zero-order valence-electron chi connectivity index (χ0n) is 17.2. The Labute approximate surface area is 189 Å². The van der Waals surface area contributed by atoms with Gasteiger partial charge in [0.1, 0.15) is 29.6 Å². The van der Waals surface area contributed by atoms with E-state index in [1.807, 2.05) is 36.4 Å². The van der Waals surface area contributed by atoms with Crippen LogP contribution in [0.5, 0.6) is 23.0 Å². The van der Waals surface area contributed by atoms with Gasteiger partial charge in [0.25, 0.3) is 0 Å². The van der Waals surface area contributed by atoms with Crippen LogP contribution in [0.2, 0.25) is 5.02 Å². The number of Topliss-reactive ketones (excluding diaryl/α,β-unsaturated/α-hetero) is 1. The zero-order chi connectivity index (χ0) is 22.1. The largest absolute Gasteiger partial charge is 0.496 e. The van der Waals surface area contributed by atoms with Gasteiger partial charge in [0, 0.05) is 27.8 Å². The predicted octanol–water partition coefficient (Wildman–Crippen LogP) is 5.41. The van der Waals surface area contributed by atoms with Crippen LogP contribution in [-0.2, 0) is 18.0 Å². The molecule has 0 aromatic heterocycles. The summed E-state index contributed by atoms with van der Waals surface area (Å²) in [4.78, 5) is 12.8. The average Bonchev–Trinajstić information content (AvgIpc) is 3.12. The maximum absolute atomic E-state index is 12.8. The highest BCUT2D eigenvalue weighted by atomic mass is 35.5. The molecule has 0 fully saturated rings. The second-order valence-electron chi connectivity index (χ2n) is 7.29. The van der Waals surface area contributed by atoms with Crippen LogP contribution in [0.15, 0.2) is 60.4 Å². The number of ether oxygens (including phenoxy) is 5. The van der Waals surface area contributed by atoms with Crippen LogP contribution in [0.1, 0.15) is 27.0 Å². The molecule has 0 bridgehead atoms. The van der Waals surface area contributed by atoms with E-state index in [-0.39, 0.29) is 24.9 Å². The fourth-order valence-electron chi connectivity index (χ4n) is 3.71. The van der Waals surface area contributed by atoms with Gasteiger partial charge in [0.2, 0.25) is 5.78 Å². The Morgan fingerprint density at radius 1 is 1.12 bits per heavy atom. The average molecular weight is 451 g/mol. The van der Waals surface area contributed by atoms with Gasteiger partial charge in [-0.25, -0.2) is 0 Å². The molecule has 0 unspecified atom stereocenters. The number of hydrogen-bond acceptors (Lipinski definition) is 6. The van der Waals surface area contributed by atoms with Gasteiger partial charge in [-0.1, -0.05) is 29.8 Å². The molecule has 0 saturated carbocycles. The minimum atomic E-state index is -0.185. The van der Waals surface area contributed by atoms with Crippen molar-refractivity contribution in [3.05, 3.63) is 87.6 Å². The number of para-hydroxylation sites is 1. The van der Waals surface area contributed by atoms with E-state index < -0.39 is 0 Å². The monoisotopic (exact) mass is 450 g/mol. The molecule has 2 heterocycles. The molecule has 32 heavy (non-hydrogen) atoms. The second kappa shape index (κ2) is 8.57. The molecule has 7 heteroatoms. The SMILES string of the molecule is COc1ccccc1/C=C1\Oc2cc(OCc3cc(Cl)cc4c3OCOC4)ccc2C1=O. The van der Waals surface area contributed by atoms with E-state index >= 15 is 0 Å². The first-order valence-corrected chi connectivity index (χ1v) is 10.4. The molecule has 2 aliphatic heterocycles. The molecule has 3 aromatic carbocycles. The Bertz CT molecular complexity index is 1230. The summed E-state index contributed by atoms with van der Waals surface area (Å²) in [6.45, 7) is 0.885. The van der Waals surface area contributed by atoms with E-state index in [9.17, 15) is 4.79 Å². The van der Waals surface area contributed by atoms with Gasteiger partial charge in [0.15, 0.2) is 12.6 Å². The first kappa shape index (κ1) is 20.4. The molecule has 0 spiro atoms. The fraction of sp³-hybridized carbons (Fsp3) is 0.160. The number of halogens is 1. The Hall–Kier alpha value is -3.48. The number of methoxy groups -OCH3 is 1. The van der Waals surface area contributed by atoms with Crippen molar-refractivity contribution in [3.63, 3.8) is 0 Å². The Kier molecular flexibility index (Phi) is 5.47. The number of carbonyl (C=O) groups excluding carboxylic acids is 1. The van der Waals surface area contributed by atoms with Crippen LogP contribution in [-0.4, -0.2) is 19.7 Å². The Morgan fingerprint density at radius 3 is 2.88 bits per heavy atom. The summed E-state index contributed by atoms with van der Waals surface area (Å²) in [6, 6.07) is 16.2. The van der Waals surface area contributed by atoms with Crippen LogP contribution in [0, 0.1) is 0 Å². The number of ketones is 1. The van der Waals surface area contributed by atoms with Crippen molar-refractivity contribution in [2.24, 2.45) is 0 Å². The summed E-state index contributed by atoms with van der Waals surface area (Å²) in [6.07, 6.45) is 1.68. The maximum Gasteiger partial charge on any atom is 0.231 e. The van der Waals surface area contributed by atoms with Crippen molar-refractivity contribution in [3.8, 4) is 23.0 Å². The standard InChI is InChI=1S/C25H19ClO6/c1-28-21-5-3-2-4-15(21)10-23-24(27)20-7-6-19(11-22(20)32-23)30-13-17-9-18(26)8-16-12-29-14-31-25(16)17/h2-11H,12-14H2,1H3/b23-10-. The first-order valence-electron chi connectivity index (χ1n) is 9.98. The highest BCUT2D eigenvalue weighted by Gasteiger charge is 2.28. The smallest absolute Gasteiger partial charge is 0.231 e. The third-order valence-electron chi connectivity index (χ3n) is 5.21. The van der Waals surface area contributed by atoms with Gasteiger partial charge >= 0.3 is 0 Å². The summed E-state index contributed by atoms with van der Waals surface area (Å²) in [5.74, 6) is 2.46. The zero-order valence-corrected chi connectivity index (χ0v) is 18.0. The summed E-state index contributed by atoms with van der Waals surface area (Å²) in [7, 11) is 1.59. The van der Waals surface area contributed by atoms with Gasteiger partial charge < -0.3 is 23.7 Å². The summed E-state index contributed by atoms with van der Waals surface area (Å²) in [5.41, 5.74) is 2.96. The van der Waals surface area contributed by atoms with Crippen LogP contribution < -0.4 is 18.9 Å². The fourth-order valence-corrected chi connectivity index (χ4v) is 3.97. The quantitative estimate of drug-likeness (QED) is 0.484. The Balaban J connectivity index is 1.36. The molecule has 0 amide bonds. The van der Waals surface area contributed by atoms with Crippen molar-refractivity contribution in [1.82, 2.24) is 0 Å². The molecule has 3 aromatic rings. The highest BCUT2D eigenvalue weighted by Crippen LogP contribution is 2.37.